The molecule has 0 aromatic carbocycles. The number of likely N-dealkylation sites (N-methyl/N-ethyl adjacent to an activating group) is 1. The van der Waals surface area contributed by atoms with Crippen molar-refractivity contribution in [2.75, 3.05) is 39.6 Å². The first-order valence-corrected chi connectivity index (χ1v) is 4.47. The van der Waals surface area contributed by atoms with E-state index in [0.29, 0.717) is 11.7 Å². The van der Waals surface area contributed by atoms with E-state index < -0.39 is 0 Å². The number of rotatable bonds is 5. The lowest BCUT2D eigenvalue weighted by atomic mass is 10.5. The molecule has 1 rings (SSSR count). The predicted octanol–water partition coefficient (Wildman–Crippen LogP) is 0.459. The van der Waals surface area contributed by atoms with Gasteiger partial charge in [-0.2, -0.15) is 0 Å². The lowest BCUT2D eigenvalue weighted by Crippen LogP contribution is -2.21. The molecule has 0 aliphatic carbocycles. The summed E-state index contributed by atoms with van der Waals surface area (Å²) in [5.74, 6) is 1.30. The van der Waals surface area contributed by atoms with Gasteiger partial charge in [-0.3, -0.25) is 0 Å². The van der Waals surface area contributed by atoms with Gasteiger partial charge in [0.25, 0.3) is 0 Å². The van der Waals surface area contributed by atoms with Crippen LogP contribution in [0.1, 0.15) is 0 Å². The number of nitrogens with one attached hydrogen (secondary N) is 1. The molecule has 0 unspecified atom stereocenters. The van der Waals surface area contributed by atoms with Gasteiger partial charge in [-0.25, -0.2) is 9.97 Å². The minimum atomic E-state index is 0.632. The van der Waals surface area contributed by atoms with Gasteiger partial charge in [-0.05, 0) is 14.1 Å². The molecule has 0 saturated heterocycles. The SMILES string of the molecule is COc1cnc(NCCN(C)C)nc1. The summed E-state index contributed by atoms with van der Waals surface area (Å²) in [5.41, 5.74) is 0. The second-order valence-electron chi connectivity index (χ2n) is 3.18. The van der Waals surface area contributed by atoms with E-state index in [2.05, 4.69) is 20.2 Å². The van der Waals surface area contributed by atoms with Crippen molar-refractivity contribution in [3.63, 3.8) is 0 Å². The molecule has 78 valence electrons. The van der Waals surface area contributed by atoms with Crippen molar-refractivity contribution in [2.45, 2.75) is 0 Å². The third-order valence-corrected chi connectivity index (χ3v) is 1.71. The lowest BCUT2D eigenvalue weighted by molar-refractivity contribution is 0.410. The first-order chi connectivity index (χ1) is 6.72. The Morgan fingerprint density at radius 2 is 2.00 bits per heavy atom. The monoisotopic (exact) mass is 196 g/mol. The van der Waals surface area contributed by atoms with Crippen LogP contribution in [0, 0.1) is 0 Å². The van der Waals surface area contributed by atoms with E-state index in [-0.39, 0.29) is 0 Å². The number of aromatic nitrogens is 2. The molecule has 0 aliphatic heterocycles. The zero-order valence-corrected chi connectivity index (χ0v) is 8.82. The van der Waals surface area contributed by atoms with Gasteiger partial charge < -0.3 is 15.0 Å². The molecule has 1 heterocycles. The van der Waals surface area contributed by atoms with Crippen LogP contribution in [0.4, 0.5) is 5.95 Å². The first-order valence-electron chi connectivity index (χ1n) is 4.47. The van der Waals surface area contributed by atoms with Gasteiger partial charge >= 0.3 is 0 Å². The van der Waals surface area contributed by atoms with Crippen molar-refractivity contribution < 1.29 is 4.74 Å². The molecule has 0 spiro atoms. The van der Waals surface area contributed by atoms with E-state index in [1.807, 2.05) is 14.1 Å². The summed E-state index contributed by atoms with van der Waals surface area (Å²) in [6, 6.07) is 0. The highest BCUT2D eigenvalue weighted by atomic mass is 16.5. The summed E-state index contributed by atoms with van der Waals surface area (Å²) in [5, 5.41) is 3.11. The van der Waals surface area contributed by atoms with Crippen molar-refractivity contribution in [3.8, 4) is 5.75 Å². The van der Waals surface area contributed by atoms with Gasteiger partial charge in [0.05, 0.1) is 19.5 Å². The van der Waals surface area contributed by atoms with E-state index >= 15 is 0 Å². The molecule has 5 nitrogen and oxygen atoms in total. The Kier molecular flexibility index (Phi) is 4.12. The summed E-state index contributed by atoms with van der Waals surface area (Å²) >= 11 is 0. The van der Waals surface area contributed by atoms with Crippen LogP contribution in [0.2, 0.25) is 0 Å². The molecule has 0 amide bonds. The van der Waals surface area contributed by atoms with Crippen LogP contribution >= 0.6 is 0 Å². The fourth-order valence-corrected chi connectivity index (χ4v) is 0.904. The lowest BCUT2D eigenvalue weighted by Gasteiger charge is -2.10. The Hall–Kier alpha value is -1.36. The van der Waals surface area contributed by atoms with E-state index in [0.717, 1.165) is 13.1 Å². The van der Waals surface area contributed by atoms with Crippen LogP contribution in [0.25, 0.3) is 0 Å². The highest BCUT2D eigenvalue weighted by molar-refractivity contribution is 5.26. The van der Waals surface area contributed by atoms with Crippen molar-refractivity contribution in [2.24, 2.45) is 0 Å². The third-order valence-electron chi connectivity index (χ3n) is 1.71. The van der Waals surface area contributed by atoms with Crippen LogP contribution in [-0.4, -0.2) is 49.2 Å². The van der Waals surface area contributed by atoms with Crippen molar-refractivity contribution in [3.05, 3.63) is 12.4 Å². The molecular weight excluding hydrogens is 180 g/mol. The molecular formula is C9H16N4O. The van der Waals surface area contributed by atoms with Crippen molar-refractivity contribution in [1.82, 2.24) is 14.9 Å². The maximum atomic E-state index is 4.95. The van der Waals surface area contributed by atoms with Crippen LogP contribution < -0.4 is 10.1 Å². The van der Waals surface area contributed by atoms with Crippen LogP contribution in [0.5, 0.6) is 5.75 Å². The number of anilines is 1. The molecule has 1 aromatic heterocycles. The number of hydrogen-bond donors (Lipinski definition) is 1. The molecule has 14 heavy (non-hydrogen) atoms. The summed E-state index contributed by atoms with van der Waals surface area (Å²) in [4.78, 5) is 10.3. The summed E-state index contributed by atoms with van der Waals surface area (Å²) in [6.45, 7) is 1.79. The zero-order valence-electron chi connectivity index (χ0n) is 8.82. The van der Waals surface area contributed by atoms with E-state index in [9.17, 15) is 0 Å². The number of methoxy groups -OCH3 is 1. The molecule has 0 atom stereocenters. The van der Waals surface area contributed by atoms with Gasteiger partial charge in [0.2, 0.25) is 5.95 Å². The summed E-state index contributed by atoms with van der Waals surface area (Å²) in [6.07, 6.45) is 3.29. The number of ether oxygens (including phenoxy) is 1. The summed E-state index contributed by atoms with van der Waals surface area (Å²) in [7, 11) is 5.64. The Labute approximate surface area is 84.1 Å². The fraction of sp³-hybridized carbons (Fsp3) is 0.556. The Bertz CT molecular complexity index is 260. The number of hydrogen-bond acceptors (Lipinski definition) is 5. The van der Waals surface area contributed by atoms with E-state index in [4.69, 9.17) is 4.74 Å². The van der Waals surface area contributed by atoms with Gasteiger partial charge in [0.15, 0.2) is 5.75 Å². The Balaban J connectivity index is 2.36. The highest BCUT2D eigenvalue weighted by Crippen LogP contribution is 2.06. The maximum Gasteiger partial charge on any atom is 0.222 e. The fourth-order valence-electron chi connectivity index (χ4n) is 0.904. The molecule has 0 aliphatic rings. The normalized spacial score (nSPS) is 10.3. The second-order valence-corrected chi connectivity index (χ2v) is 3.18. The molecule has 0 fully saturated rings. The quantitative estimate of drug-likeness (QED) is 0.741. The van der Waals surface area contributed by atoms with Gasteiger partial charge in [0.1, 0.15) is 0 Å². The zero-order chi connectivity index (χ0) is 10.4. The summed E-state index contributed by atoms with van der Waals surface area (Å²) < 4.78 is 4.95. The molecule has 0 saturated carbocycles. The van der Waals surface area contributed by atoms with Crippen LogP contribution in [-0.2, 0) is 0 Å². The molecule has 1 aromatic rings. The molecule has 5 heteroatoms. The molecule has 0 bridgehead atoms. The largest absolute Gasteiger partial charge is 0.494 e. The smallest absolute Gasteiger partial charge is 0.222 e. The predicted molar refractivity (Wildman–Crippen MR) is 55.6 cm³/mol. The Morgan fingerprint density at radius 1 is 1.36 bits per heavy atom. The van der Waals surface area contributed by atoms with Crippen LogP contribution in [0.3, 0.4) is 0 Å². The van der Waals surface area contributed by atoms with Crippen molar-refractivity contribution in [1.29, 1.82) is 0 Å². The Morgan fingerprint density at radius 3 is 2.50 bits per heavy atom. The first kappa shape index (κ1) is 10.7. The van der Waals surface area contributed by atoms with Gasteiger partial charge in [-0.1, -0.05) is 0 Å². The standard InChI is InChI=1S/C9H16N4O/c1-13(2)5-4-10-9-11-6-8(14-3)7-12-9/h6-7H,4-5H2,1-3H3,(H,10,11,12). The second kappa shape index (κ2) is 5.39. The highest BCUT2D eigenvalue weighted by Gasteiger charge is 1.96. The minimum absolute atomic E-state index is 0.632. The average molecular weight is 196 g/mol. The molecule has 0 radical (unpaired) electrons. The van der Waals surface area contributed by atoms with E-state index in [1.165, 1.54) is 0 Å². The molecule has 1 N–H and O–H groups in total. The number of nitrogens with zero attached hydrogens (tertiary/aromatic N) is 3. The van der Waals surface area contributed by atoms with Gasteiger partial charge in [0, 0.05) is 13.1 Å². The maximum absolute atomic E-state index is 4.95. The average Bonchev–Trinajstić information content (AvgIpc) is 2.18. The third kappa shape index (κ3) is 3.57. The van der Waals surface area contributed by atoms with Crippen LogP contribution in [0.15, 0.2) is 12.4 Å². The van der Waals surface area contributed by atoms with Crippen molar-refractivity contribution >= 4 is 5.95 Å². The minimum Gasteiger partial charge on any atom is -0.494 e. The van der Waals surface area contributed by atoms with Gasteiger partial charge in [-0.15, -0.1) is 0 Å². The topological polar surface area (TPSA) is 50.3 Å². The van der Waals surface area contributed by atoms with E-state index in [1.54, 1.807) is 19.5 Å².